The summed E-state index contributed by atoms with van der Waals surface area (Å²) in [4.78, 5) is 12.2. The molecule has 1 aliphatic rings. The van der Waals surface area contributed by atoms with Gasteiger partial charge in [-0.05, 0) is 61.7 Å². The van der Waals surface area contributed by atoms with Crippen LogP contribution in [0.2, 0.25) is 0 Å². The first-order valence-electron chi connectivity index (χ1n) is 10.0. The maximum Gasteiger partial charge on any atom is 0.416 e. The van der Waals surface area contributed by atoms with Crippen molar-refractivity contribution in [3.8, 4) is 5.75 Å². The van der Waals surface area contributed by atoms with Crippen LogP contribution >= 0.6 is 0 Å². The molecule has 0 saturated carbocycles. The number of carbonyl (C=O) groups is 1. The standard InChI is InChI=1S/C22H23F3N2O4S/c1-2-31-19-10-9-18(15-20(19)32(29,30)27-12-3-4-13-27)26-21(28)11-8-16-6-5-7-17(14-16)22(23,24)25/h5-11,14-15H,2-4,12-13H2,1H3,(H,26,28)/b11-8+. The second-order valence-corrected chi connectivity index (χ2v) is 9.06. The molecule has 1 N–H and O–H groups in total. The molecule has 1 aliphatic heterocycles. The molecule has 0 bridgehead atoms. The van der Waals surface area contributed by atoms with Crippen LogP contribution < -0.4 is 10.1 Å². The lowest BCUT2D eigenvalue weighted by Gasteiger charge is -2.19. The predicted molar refractivity (Wildman–Crippen MR) is 115 cm³/mol. The number of ether oxygens (including phenoxy) is 1. The highest BCUT2D eigenvalue weighted by Gasteiger charge is 2.31. The molecule has 1 saturated heterocycles. The SMILES string of the molecule is CCOc1ccc(NC(=O)/C=C/c2cccc(C(F)(F)F)c2)cc1S(=O)(=O)N1CCCC1. The lowest BCUT2D eigenvalue weighted by atomic mass is 10.1. The molecule has 0 radical (unpaired) electrons. The molecule has 0 unspecified atom stereocenters. The van der Waals surface area contributed by atoms with Gasteiger partial charge in [-0.2, -0.15) is 17.5 Å². The minimum atomic E-state index is -4.48. The van der Waals surface area contributed by atoms with Gasteiger partial charge in [0.25, 0.3) is 0 Å². The Morgan fingerprint density at radius 2 is 1.88 bits per heavy atom. The van der Waals surface area contributed by atoms with Crippen molar-refractivity contribution >= 4 is 27.7 Å². The number of rotatable bonds is 7. The molecule has 172 valence electrons. The van der Waals surface area contributed by atoms with Crippen molar-refractivity contribution in [1.29, 1.82) is 0 Å². The minimum Gasteiger partial charge on any atom is -0.492 e. The highest BCUT2D eigenvalue weighted by Crippen LogP contribution is 2.32. The van der Waals surface area contributed by atoms with Gasteiger partial charge >= 0.3 is 6.18 Å². The molecule has 32 heavy (non-hydrogen) atoms. The number of alkyl halides is 3. The van der Waals surface area contributed by atoms with Crippen molar-refractivity contribution in [2.75, 3.05) is 25.0 Å². The summed E-state index contributed by atoms with van der Waals surface area (Å²) in [6, 6.07) is 8.87. The van der Waals surface area contributed by atoms with Gasteiger partial charge in [-0.15, -0.1) is 0 Å². The van der Waals surface area contributed by atoms with E-state index in [4.69, 9.17) is 4.74 Å². The Hall–Kier alpha value is -2.85. The number of nitrogens with one attached hydrogen (secondary N) is 1. The van der Waals surface area contributed by atoms with E-state index in [1.807, 2.05) is 0 Å². The molecule has 0 aromatic heterocycles. The summed E-state index contributed by atoms with van der Waals surface area (Å²) < 4.78 is 71.3. The highest BCUT2D eigenvalue weighted by atomic mass is 32.2. The maximum absolute atomic E-state index is 13.0. The number of hydrogen-bond acceptors (Lipinski definition) is 4. The second kappa shape index (κ2) is 9.74. The van der Waals surface area contributed by atoms with Crippen LogP contribution in [0.5, 0.6) is 5.75 Å². The molecular formula is C22H23F3N2O4S. The molecule has 0 atom stereocenters. The van der Waals surface area contributed by atoms with Gasteiger partial charge in [0, 0.05) is 24.9 Å². The molecule has 6 nitrogen and oxygen atoms in total. The third-order valence-corrected chi connectivity index (χ3v) is 6.75. The monoisotopic (exact) mass is 468 g/mol. The lowest BCUT2D eigenvalue weighted by Crippen LogP contribution is -2.28. The lowest BCUT2D eigenvalue weighted by molar-refractivity contribution is -0.137. The fourth-order valence-corrected chi connectivity index (χ4v) is 4.98. The van der Waals surface area contributed by atoms with Crippen LogP contribution in [0.25, 0.3) is 6.08 Å². The number of amides is 1. The van der Waals surface area contributed by atoms with Crippen molar-refractivity contribution in [2.45, 2.75) is 30.8 Å². The highest BCUT2D eigenvalue weighted by molar-refractivity contribution is 7.89. The quantitative estimate of drug-likeness (QED) is 0.606. The molecule has 2 aromatic rings. The normalized spacial score (nSPS) is 15.2. The van der Waals surface area contributed by atoms with Crippen molar-refractivity contribution in [3.63, 3.8) is 0 Å². The van der Waals surface area contributed by atoms with E-state index in [9.17, 15) is 26.4 Å². The smallest absolute Gasteiger partial charge is 0.416 e. The van der Waals surface area contributed by atoms with Gasteiger partial charge in [0.05, 0.1) is 12.2 Å². The molecule has 2 aromatic carbocycles. The molecule has 1 fully saturated rings. The predicted octanol–water partition coefficient (Wildman–Crippen LogP) is 4.54. The molecular weight excluding hydrogens is 445 g/mol. The van der Waals surface area contributed by atoms with Crippen LogP contribution in [0, 0.1) is 0 Å². The van der Waals surface area contributed by atoms with Gasteiger partial charge < -0.3 is 10.1 Å². The number of halogens is 3. The van der Waals surface area contributed by atoms with Crippen molar-refractivity contribution in [2.24, 2.45) is 0 Å². The molecule has 0 spiro atoms. The van der Waals surface area contributed by atoms with E-state index in [0.29, 0.717) is 13.1 Å². The molecule has 1 amide bonds. The van der Waals surface area contributed by atoms with Crippen LogP contribution in [0.15, 0.2) is 53.4 Å². The third kappa shape index (κ3) is 5.68. The van der Waals surface area contributed by atoms with E-state index in [1.54, 1.807) is 6.92 Å². The zero-order valence-corrected chi connectivity index (χ0v) is 18.2. The number of benzene rings is 2. The zero-order valence-electron chi connectivity index (χ0n) is 17.4. The topological polar surface area (TPSA) is 75.7 Å². The fourth-order valence-electron chi connectivity index (χ4n) is 3.30. The van der Waals surface area contributed by atoms with Gasteiger partial charge in [0.2, 0.25) is 15.9 Å². The molecule has 0 aliphatic carbocycles. The van der Waals surface area contributed by atoms with Crippen LogP contribution in [-0.4, -0.2) is 38.3 Å². The van der Waals surface area contributed by atoms with Gasteiger partial charge in [0.15, 0.2) is 0 Å². The largest absolute Gasteiger partial charge is 0.492 e. The van der Waals surface area contributed by atoms with Crippen LogP contribution in [0.4, 0.5) is 18.9 Å². The number of nitrogens with zero attached hydrogens (tertiary/aromatic N) is 1. The Labute approximate surface area is 184 Å². The van der Waals surface area contributed by atoms with E-state index in [0.717, 1.165) is 31.1 Å². The first kappa shape index (κ1) is 23.8. The number of anilines is 1. The summed E-state index contributed by atoms with van der Waals surface area (Å²) >= 11 is 0. The Kier molecular flexibility index (Phi) is 7.25. The molecule has 3 rings (SSSR count). The number of hydrogen-bond donors (Lipinski definition) is 1. The summed E-state index contributed by atoms with van der Waals surface area (Å²) in [5.41, 5.74) is -0.382. The van der Waals surface area contributed by atoms with Crippen molar-refractivity contribution in [1.82, 2.24) is 4.31 Å². The third-order valence-electron chi connectivity index (χ3n) is 4.84. The van der Waals surface area contributed by atoms with E-state index in [2.05, 4.69) is 5.32 Å². The summed E-state index contributed by atoms with van der Waals surface area (Å²) in [5, 5.41) is 2.54. The van der Waals surface area contributed by atoms with Crippen LogP contribution in [-0.2, 0) is 21.0 Å². The van der Waals surface area contributed by atoms with Crippen LogP contribution in [0.3, 0.4) is 0 Å². The number of carbonyl (C=O) groups excluding carboxylic acids is 1. The van der Waals surface area contributed by atoms with E-state index in [-0.39, 0.29) is 28.5 Å². The second-order valence-electron chi connectivity index (χ2n) is 7.15. The minimum absolute atomic E-state index is 0.0408. The van der Waals surface area contributed by atoms with Crippen molar-refractivity contribution < 1.29 is 31.1 Å². The summed E-state index contributed by atoms with van der Waals surface area (Å²) in [5.74, 6) is -0.423. The van der Waals surface area contributed by atoms with Crippen molar-refractivity contribution in [3.05, 3.63) is 59.7 Å². The Bertz CT molecular complexity index is 1110. The van der Waals surface area contributed by atoms with E-state index >= 15 is 0 Å². The molecule has 1 heterocycles. The van der Waals surface area contributed by atoms with E-state index < -0.39 is 27.7 Å². The van der Waals surface area contributed by atoms with E-state index in [1.165, 1.54) is 40.7 Å². The van der Waals surface area contributed by atoms with Gasteiger partial charge in [-0.1, -0.05) is 12.1 Å². The summed E-state index contributed by atoms with van der Waals surface area (Å²) in [7, 11) is -3.79. The first-order chi connectivity index (χ1) is 15.1. The average Bonchev–Trinajstić information content (AvgIpc) is 3.29. The van der Waals surface area contributed by atoms with Gasteiger partial charge in [-0.3, -0.25) is 4.79 Å². The fraction of sp³-hybridized carbons (Fsp3) is 0.318. The Morgan fingerprint density at radius 3 is 2.53 bits per heavy atom. The first-order valence-corrected chi connectivity index (χ1v) is 11.5. The van der Waals surface area contributed by atoms with Crippen LogP contribution in [0.1, 0.15) is 30.9 Å². The number of sulfonamides is 1. The zero-order chi connectivity index (χ0) is 23.4. The average molecular weight is 468 g/mol. The summed E-state index contributed by atoms with van der Waals surface area (Å²) in [6.45, 7) is 2.85. The molecule has 10 heteroatoms. The summed E-state index contributed by atoms with van der Waals surface area (Å²) in [6.07, 6.45) is -0.590. The Morgan fingerprint density at radius 1 is 1.16 bits per heavy atom. The Balaban J connectivity index is 1.80. The maximum atomic E-state index is 13.0. The van der Waals surface area contributed by atoms with Gasteiger partial charge in [-0.25, -0.2) is 8.42 Å². The van der Waals surface area contributed by atoms with Gasteiger partial charge in [0.1, 0.15) is 10.6 Å².